The molecule has 0 unspecified atom stereocenters. The molecule has 0 aromatic carbocycles. The minimum atomic E-state index is 0.527. The van der Waals surface area contributed by atoms with Gasteiger partial charge in [0.1, 0.15) is 0 Å². The molecule has 0 aliphatic heterocycles. The van der Waals surface area contributed by atoms with Crippen LogP contribution in [0.3, 0.4) is 0 Å². The Bertz CT molecular complexity index is 461. The van der Waals surface area contributed by atoms with Gasteiger partial charge >= 0.3 is 0 Å². The van der Waals surface area contributed by atoms with E-state index in [1.165, 1.54) is 0 Å². The lowest BCUT2D eigenvalue weighted by atomic mass is 10.3. The average Bonchev–Trinajstić information content (AvgIpc) is 2.76. The van der Waals surface area contributed by atoms with E-state index in [4.69, 9.17) is 0 Å². The van der Waals surface area contributed by atoms with Gasteiger partial charge in [0.05, 0.1) is 0 Å². The Morgan fingerprint density at radius 3 is 2.94 bits per heavy atom. The van der Waals surface area contributed by atoms with Gasteiger partial charge in [0.2, 0.25) is 0 Å². The molecule has 0 atom stereocenters. The third-order valence-corrected chi connectivity index (χ3v) is 1.98. The van der Waals surface area contributed by atoms with E-state index >= 15 is 0 Å². The molecule has 82 valence electrons. The third kappa shape index (κ3) is 2.47. The van der Waals surface area contributed by atoms with Crippen molar-refractivity contribution in [3.63, 3.8) is 0 Å². The van der Waals surface area contributed by atoms with Crippen molar-refractivity contribution in [2.75, 3.05) is 0 Å². The topological polar surface area (TPSA) is 68.8 Å². The molecule has 0 aliphatic rings. The van der Waals surface area contributed by atoms with Crippen molar-refractivity contribution in [2.45, 2.75) is 19.9 Å². The van der Waals surface area contributed by atoms with Crippen molar-refractivity contribution in [3.8, 4) is 0 Å². The van der Waals surface area contributed by atoms with Gasteiger partial charge in [0.15, 0.2) is 0 Å². The molecule has 0 amide bonds. The smallest absolute Gasteiger partial charge is 0.265 e. The SMILES string of the molecule is CCCn1nnnc1N=Cc1ccncc1. The molecule has 16 heavy (non-hydrogen) atoms. The molecule has 0 saturated carbocycles. The van der Waals surface area contributed by atoms with Crippen LogP contribution in [0.2, 0.25) is 0 Å². The number of tetrazole rings is 1. The van der Waals surface area contributed by atoms with Gasteiger partial charge in [0.25, 0.3) is 5.95 Å². The van der Waals surface area contributed by atoms with E-state index in [1.54, 1.807) is 23.3 Å². The van der Waals surface area contributed by atoms with Crippen LogP contribution in [0.15, 0.2) is 29.5 Å². The summed E-state index contributed by atoms with van der Waals surface area (Å²) in [6.45, 7) is 2.84. The number of hydrogen-bond acceptors (Lipinski definition) is 5. The van der Waals surface area contributed by atoms with Gasteiger partial charge in [-0.25, -0.2) is 9.67 Å². The lowest BCUT2D eigenvalue weighted by molar-refractivity contribution is 0.582. The van der Waals surface area contributed by atoms with E-state index in [9.17, 15) is 0 Å². The fourth-order valence-corrected chi connectivity index (χ4v) is 1.23. The highest BCUT2D eigenvalue weighted by Gasteiger charge is 2.01. The Morgan fingerprint density at radius 2 is 2.19 bits per heavy atom. The van der Waals surface area contributed by atoms with E-state index in [0.29, 0.717) is 5.95 Å². The molecule has 2 heterocycles. The summed E-state index contributed by atoms with van der Waals surface area (Å²) < 4.78 is 1.68. The zero-order chi connectivity index (χ0) is 11.2. The van der Waals surface area contributed by atoms with E-state index < -0.39 is 0 Å². The molecule has 2 aromatic heterocycles. The Hall–Kier alpha value is -2.11. The van der Waals surface area contributed by atoms with Crippen LogP contribution in [-0.2, 0) is 6.54 Å². The van der Waals surface area contributed by atoms with E-state index in [2.05, 4.69) is 32.4 Å². The molecule has 6 heteroatoms. The maximum atomic E-state index is 4.23. The van der Waals surface area contributed by atoms with Crippen LogP contribution in [0.4, 0.5) is 5.95 Å². The van der Waals surface area contributed by atoms with Gasteiger partial charge in [-0.2, -0.15) is 0 Å². The summed E-state index contributed by atoms with van der Waals surface area (Å²) in [4.78, 5) is 8.16. The standard InChI is InChI=1S/C10H12N6/c1-2-7-16-10(13-14-15-16)12-8-9-3-5-11-6-4-9/h3-6,8H,2,7H2,1H3. The van der Waals surface area contributed by atoms with Gasteiger partial charge in [0, 0.05) is 25.2 Å². The van der Waals surface area contributed by atoms with Crippen LogP contribution in [0.5, 0.6) is 0 Å². The summed E-state index contributed by atoms with van der Waals surface area (Å²) in [7, 11) is 0. The molecule has 2 rings (SSSR count). The van der Waals surface area contributed by atoms with Crippen LogP contribution >= 0.6 is 0 Å². The summed E-state index contributed by atoms with van der Waals surface area (Å²) in [5.74, 6) is 0.527. The largest absolute Gasteiger partial charge is 0.269 e. The molecule has 0 N–H and O–H groups in total. The second-order valence-electron chi connectivity index (χ2n) is 3.24. The van der Waals surface area contributed by atoms with Gasteiger partial charge in [-0.15, -0.1) is 0 Å². The van der Waals surface area contributed by atoms with Crippen LogP contribution in [0, 0.1) is 0 Å². The first-order valence-electron chi connectivity index (χ1n) is 5.10. The predicted molar refractivity (Wildman–Crippen MR) is 59.6 cm³/mol. The van der Waals surface area contributed by atoms with Crippen molar-refractivity contribution in [1.82, 2.24) is 25.2 Å². The summed E-state index contributed by atoms with van der Waals surface area (Å²) in [6, 6.07) is 3.74. The third-order valence-electron chi connectivity index (χ3n) is 1.98. The number of rotatable bonds is 4. The van der Waals surface area contributed by atoms with Gasteiger partial charge in [-0.1, -0.05) is 12.0 Å². The van der Waals surface area contributed by atoms with Crippen molar-refractivity contribution < 1.29 is 0 Å². The molecule has 0 radical (unpaired) electrons. The Labute approximate surface area is 93.0 Å². The summed E-state index contributed by atoms with van der Waals surface area (Å²) in [5.41, 5.74) is 0.973. The van der Waals surface area contributed by atoms with Crippen LogP contribution in [-0.4, -0.2) is 31.4 Å². The molecule has 0 bridgehead atoms. The van der Waals surface area contributed by atoms with Crippen molar-refractivity contribution in [2.24, 2.45) is 4.99 Å². The molecule has 0 aliphatic carbocycles. The van der Waals surface area contributed by atoms with Crippen molar-refractivity contribution >= 4 is 12.2 Å². The number of aliphatic imine (C=N–C) groups is 1. The van der Waals surface area contributed by atoms with E-state index in [1.807, 2.05) is 12.1 Å². The fourth-order valence-electron chi connectivity index (χ4n) is 1.23. The molecule has 0 saturated heterocycles. The monoisotopic (exact) mass is 216 g/mol. The van der Waals surface area contributed by atoms with Gasteiger partial charge < -0.3 is 0 Å². The maximum Gasteiger partial charge on any atom is 0.269 e. The number of aromatic nitrogens is 5. The zero-order valence-corrected chi connectivity index (χ0v) is 8.98. The second-order valence-corrected chi connectivity index (χ2v) is 3.24. The Morgan fingerprint density at radius 1 is 1.38 bits per heavy atom. The Kier molecular flexibility index (Phi) is 3.32. The number of pyridine rings is 1. The first kappa shape index (κ1) is 10.4. The van der Waals surface area contributed by atoms with Crippen molar-refractivity contribution in [1.29, 1.82) is 0 Å². The quantitative estimate of drug-likeness (QED) is 0.721. The van der Waals surface area contributed by atoms with Crippen LogP contribution in [0.25, 0.3) is 0 Å². The number of nitrogens with zero attached hydrogens (tertiary/aromatic N) is 6. The lowest BCUT2D eigenvalue weighted by Gasteiger charge is -1.96. The Balaban J connectivity index is 2.14. The summed E-state index contributed by atoms with van der Waals surface area (Å²) in [5, 5.41) is 11.3. The van der Waals surface area contributed by atoms with Crippen LogP contribution in [0.1, 0.15) is 18.9 Å². The first-order valence-corrected chi connectivity index (χ1v) is 5.10. The molecular formula is C10H12N6. The average molecular weight is 216 g/mol. The predicted octanol–water partition coefficient (Wildman–Crippen LogP) is 1.23. The fraction of sp³-hybridized carbons (Fsp3) is 0.300. The highest BCUT2D eigenvalue weighted by molar-refractivity contribution is 5.80. The minimum absolute atomic E-state index is 0.527. The minimum Gasteiger partial charge on any atom is -0.265 e. The van der Waals surface area contributed by atoms with E-state index in [0.717, 1.165) is 18.5 Å². The van der Waals surface area contributed by atoms with Crippen molar-refractivity contribution in [3.05, 3.63) is 30.1 Å². The molecule has 0 spiro atoms. The van der Waals surface area contributed by atoms with Gasteiger partial charge in [-0.3, -0.25) is 4.98 Å². The lowest BCUT2D eigenvalue weighted by Crippen LogP contribution is -1.98. The number of hydrogen-bond donors (Lipinski definition) is 0. The second kappa shape index (κ2) is 5.11. The highest BCUT2D eigenvalue weighted by Crippen LogP contribution is 2.05. The zero-order valence-electron chi connectivity index (χ0n) is 8.98. The molecule has 0 fully saturated rings. The van der Waals surface area contributed by atoms with E-state index in [-0.39, 0.29) is 0 Å². The normalized spacial score (nSPS) is 11.1. The first-order chi connectivity index (χ1) is 7.90. The molecular weight excluding hydrogens is 204 g/mol. The van der Waals surface area contributed by atoms with Gasteiger partial charge in [-0.05, 0) is 34.5 Å². The number of aryl methyl sites for hydroxylation is 1. The summed E-state index contributed by atoms with van der Waals surface area (Å²) in [6.07, 6.45) is 6.13. The molecule has 2 aromatic rings. The molecule has 6 nitrogen and oxygen atoms in total. The maximum absolute atomic E-state index is 4.23. The summed E-state index contributed by atoms with van der Waals surface area (Å²) >= 11 is 0. The van der Waals surface area contributed by atoms with Crippen LogP contribution < -0.4 is 0 Å². The highest BCUT2D eigenvalue weighted by atomic mass is 15.6.